The van der Waals surface area contributed by atoms with Crippen molar-refractivity contribution in [3.8, 4) is 0 Å². The van der Waals surface area contributed by atoms with Crippen molar-refractivity contribution in [2.45, 2.75) is 110 Å². The Labute approximate surface area is 226 Å². The van der Waals surface area contributed by atoms with Gasteiger partial charge in [-0.3, -0.25) is 14.4 Å². The van der Waals surface area contributed by atoms with Crippen LogP contribution in [0.15, 0.2) is 12.2 Å². The van der Waals surface area contributed by atoms with Crippen molar-refractivity contribution in [1.29, 1.82) is 0 Å². The summed E-state index contributed by atoms with van der Waals surface area (Å²) < 4.78 is 17.7. The molecule has 0 spiro atoms. The summed E-state index contributed by atoms with van der Waals surface area (Å²) in [5, 5.41) is 32.1. The third kappa shape index (κ3) is 7.70. The zero-order valence-corrected chi connectivity index (χ0v) is 24.2. The number of carbonyl (C=O) groups excluding carboxylic acids is 3. The van der Waals surface area contributed by atoms with E-state index in [-0.39, 0.29) is 23.8 Å². The number of nitrogens with zero attached hydrogens (tertiary/aromatic N) is 1. The third-order valence-electron chi connectivity index (χ3n) is 7.90. The van der Waals surface area contributed by atoms with Crippen LogP contribution in [0, 0.1) is 23.7 Å². The molecule has 12 atom stereocenters. The van der Waals surface area contributed by atoms with E-state index in [1.54, 1.807) is 13.8 Å². The van der Waals surface area contributed by atoms with Crippen LogP contribution in [-0.4, -0.2) is 100 Å². The lowest BCUT2D eigenvalue weighted by Gasteiger charge is -2.43. The number of likely N-dealkylation sites (N-methyl/N-ethyl adjacent to an activating group) is 1. The van der Waals surface area contributed by atoms with Crippen molar-refractivity contribution >= 4 is 17.5 Å². The molecule has 0 aromatic rings. The van der Waals surface area contributed by atoms with Gasteiger partial charge in [0.1, 0.15) is 17.6 Å². The quantitative estimate of drug-likeness (QED) is 0.354. The van der Waals surface area contributed by atoms with E-state index in [4.69, 9.17) is 14.2 Å². The molecule has 3 N–H and O–H groups in total. The molecule has 2 aliphatic rings. The molecule has 0 saturated carbocycles. The molecule has 1 fully saturated rings. The third-order valence-corrected chi connectivity index (χ3v) is 7.90. The summed E-state index contributed by atoms with van der Waals surface area (Å²) in [6.45, 7) is 11.2. The van der Waals surface area contributed by atoms with Crippen LogP contribution in [-0.2, 0) is 28.6 Å². The van der Waals surface area contributed by atoms with Crippen molar-refractivity contribution in [2.75, 3.05) is 14.1 Å². The van der Waals surface area contributed by atoms with E-state index >= 15 is 0 Å². The Hall–Kier alpha value is -1.69. The predicted molar refractivity (Wildman–Crippen MR) is 140 cm³/mol. The topological polar surface area (TPSA) is 143 Å². The first kappa shape index (κ1) is 32.5. The number of hydrogen-bond donors (Lipinski definition) is 3. The second-order valence-electron chi connectivity index (χ2n) is 11.8. The van der Waals surface area contributed by atoms with Gasteiger partial charge in [-0.05, 0) is 72.7 Å². The molecule has 0 aliphatic carbocycles. The van der Waals surface area contributed by atoms with Gasteiger partial charge >= 0.3 is 5.97 Å². The Kier molecular flexibility index (Phi) is 11.2. The summed E-state index contributed by atoms with van der Waals surface area (Å²) in [7, 11) is 3.73. The summed E-state index contributed by atoms with van der Waals surface area (Å²) in [5.41, 5.74) is -1.84. The fraction of sp³-hybridized carbons (Fsp3) is 0.821. The average Bonchev–Trinajstić information content (AvgIpc) is 2.83. The highest BCUT2D eigenvalue weighted by Crippen LogP contribution is 2.32. The van der Waals surface area contributed by atoms with E-state index in [0.29, 0.717) is 12.8 Å². The van der Waals surface area contributed by atoms with Gasteiger partial charge in [-0.15, -0.1) is 0 Å². The molecule has 0 aromatic carbocycles. The molecule has 0 amide bonds. The van der Waals surface area contributed by atoms with Crippen LogP contribution in [0.25, 0.3) is 0 Å². The van der Waals surface area contributed by atoms with Gasteiger partial charge in [-0.2, -0.15) is 0 Å². The van der Waals surface area contributed by atoms with Crippen LogP contribution in [0.3, 0.4) is 0 Å². The Morgan fingerprint density at radius 2 is 1.71 bits per heavy atom. The number of ether oxygens (including phenoxy) is 3. The Balaban J connectivity index is 2.46. The van der Waals surface area contributed by atoms with Crippen molar-refractivity contribution in [2.24, 2.45) is 23.7 Å². The molecule has 2 heterocycles. The number of aliphatic hydroxyl groups excluding tert-OH is 2. The minimum atomic E-state index is -1.84. The van der Waals surface area contributed by atoms with Crippen molar-refractivity contribution in [1.82, 2.24) is 4.90 Å². The van der Waals surface area contributed by atoms with Gasteiger partial charge < -0.3 is 34.4 Å². The number of aliphatic hydroxyl groups is 3. The van der Waals surface area contributed by atoms with Crippen LogP contribution in [0.5, 0.6) is 0 Å². The smallest absolute Gasteiger partial charge is 0.316 e. The molecule has 0 bridgehead atoms. The molecular weight excluding hydrogens is 494 g/mol. The number of allylic oxidation sites excluding steroid dienone is 1. The standard InChI is InChI=1S/C28H47NO9/c1-14-12-15(2)24(37-27-23(33)20(29(8)9)13-16(3)36-27)17(4)22(32)18(5)26(34)38-25(19(6)30)28(7,35)11-10-21(14)31/h10-11,14-20,23-25,27,30,33,35H,12-13H2,1-9H3/b11-10+/t14-,15+,16-,17+,18-,19?,20+,23-,24+,25-,27?,28+/m1/s1. The summed E-state index contributed by atoms with van der Waals surface area (Å²) >= 11 is 0. The first-order valence-corrected chi connectivity index (χ1v) is 13.5. The molecule has 10 heteroatoms. The molecule has 2 rings (SSSR count). The summed E-state index contributed by atoms with van der Waals surface area (Å²) in [6.07, 6.45) is -2.21. The maximum absolute atomic E-state index is 13.5. The van der Waals surface area contributed by atoms with Crippen LogP contribution in [0.1, 0.15) is 61.3 Å². The van der Waals surface area contributed by atoms with Crippen molar-refractivity contribution in [3.05, 3.63) is 12.2 Å². The molecule has 10 nitrogen and oxygen atoms in total. The zero-order valence-electron chi connectivity index (χ0n) is 24.2. The van der Waals surface area contributed by atoms with E-state index in [2.05, 4.69) is 0 Å². The fourth-order valence-corrected chi connectivity index (χ4v) is 5.48. The van der Waals surface area contributed by atoms with Gasteiger partial charge in [0.05, 0.1) is 18.3 Å². The van der Waals surface area contributed by atoms with Gasteiger partial charge in [0.25, 0.3) is 0 Å². The number of Topliss-reactive ketones (excluding diaryl/α,β-unsaturated/α-hetero) is 1. The SMILES string of the molecule is CC(O)[C@H]1OC(=O)[C@H](C)C(=O)[C@H](C)[C@@H](OC2O[C@H](C)C[C@H](N(C)C)[C@H]2O)[C@@H](C)C[C@@H](C)C(=O)/C=C/[C@]1(C)O. The predicted octanol–water partition coefficient (Wildman–Crippen LogP) is 1.48. The van der Waals surface area contributed by atoms with E-state index in [1.165, 1.54) is 32.9 Å². The van der Waals surface area contributed by atoms with Crippen molar-refractivity contribution < 1.29 is 43.9 Å². The van der Waals surface area contributed by atoms with Crippen LogP contribution < -0.4 is 0 Å². The van der Waals surface area contributed by atoms with Gasteiger partial charge in [-0.1, -0.05) is 20.8 Å². The monoisotopic (exact) mass is 541 g/mol. The first-order chi connectivity index (χ1) is 17.5. The highest BCUT2D eigenvalue weighted by atomic mass is 16.7. The Morgan fingerprint density at radius 1 is 1.11 bits per heavy atom. The average molecular weight is 542 g/mol. The molecule has 0 radical (unpaired) electrons. The highest BCUT2D eigenvalue weighted by Gasteiger charge is 2.44. The lowest BCUT2D eigenvalue weighted by atomic mass is 9.80. The van der Waals surface area contributed by atoms with Gasteiger partial charge in [0.15, 0.2) is 24.0 Å². The van der Waals surface area contributed by atoms with Crippen LogP contribution in [0.4, 0.5) is 0 Å². The molecular formula is C28H47NO9. The van der Waals surface area contributed by atoms with Crippen LogP contribution in [0.2, 0.25) is 0 Å². The van der Waals surface area contributed by atoms with E-state index in [1.807, 2.05) is 32.8 Å². The molecule has 0 aromatic heterocycles. The number of esters is 1. The van der Waals surface area contributed by atoms with Gasteiger partial charge in [0, 0.05) is 17.9 Å². The Bertz CT molecular complexity index is 870. The lowest BCUT2D eigenvalue weighted by Crippen LogP contribution is -2.56. The normalized spacial score (nSPS) is 43.9. The largest absolute Gasteiger partial charge is 0.456 e. The molecule has 2 unspecified atom stereocenters. The summed E-state index contributed by atoms with van der Waals surface area (Å²) in [5.74, 6) is -4.47. The second-order valence-corrected chi connectivity index (χ2v) is 11.8. The molecule has 38 heavy (non-hydrogen) atoms. The summed E-state index contributed by atoms with van der Waals surface area (Å²) in [6, 6.07) is -0.215. The minimum Gasteiger partial charge on any atom is -0.456 e. The maximum Gasteiger partial charge on any atom is 0.316 e. The van der Waals surface area contributed by atoms with Gasteiger partial charge in [-0.25, -0.2) is 0 Å². The molecule has 1 saturated heterocycles. The van der Waals surface area contributed by atoms with E-state index in [9.17, 15) is 29.7 Å². The first-order valence-electron chi connectivity index (χ1n) is 13.5. The lowest BCUT2D eigenvalue weighted by molar-refractivity contribution is -0.278. The van der Waals surface area contributed by atoms with Gasteiger partial charge in [0.2, 0.25) is 0 Å². The molecule has 218 valence electrons. The molecule has 2 aliphatic heterocycles. The number of carbonyl (C=O) groups is 3. The number of cyclic esters (lactones) is 1. The Morgan fingerprint density at radius 3 is 2.26 bits per heavy atom. The fourth-order valence-electron chi connectivity index (χ4n) is 5.48. The number of rotatable bonds is 4. The number of hydrogen-bond acceptors (Lipinski definition) is 10. The van der Waals surface area contributed by atoms with Crippen LogP contribution >= 0.6 is 0 Å². The zero-order chi connectivity index (χ0) is 29.1. The summed E-state index contributed by atoms with van der Waals surface area (Å²) in [4.78, 5) is 41.3. The number of ketones is 2. The minimum absolute atomic E-state index is 0.194. The van der Waals surface area contributed by atoms with Crippen molar-refractivity contribution in [3.63, 3.8) is 0 Å². The van der Waals surface area contributed by atoms with E-state index < -0.39 is 65.8 Å². The van der Waals surface area contributed by atoms with E-state index in [0.717, 1.165) is 0 Å². The second kappa shape index (κ2) is 13.1. The maximum atomic E-state index is 13.5. The highest BCUT2D eigenvalue weighted by molar-refractivity contribution is 6.00.